The van der Waals surface area contributed by atoms with E-state index in [-0.39, 0.29) is 18.2 Å². The first-order chi connectivity index (χ1) is 19.6. The summed E-state index contributed by atoms with van der Waals surface area (Å²) < 4.78 is 0. The van der Waals surface area contributed by atoms with Crippen molar-refractivity contribution < 1.29 is 19.6 Å². The molecule has 2 aromatic rings. The molecule has 0 unspecified atom stereocenters. The molecular weight excluding hydrogens is 516 g/mol. The van der Waals surface area contributed by atoms with Crippen LogP contribution >= 0.6 is 0 Å². The van der Waals surface area contributed by atoms with Crippen LogP contribution < -0.4 is 10.8 Å². The molecule has 1 aliphatic carbocycles. The van der Waals surface area contributed by atoms with Gasteiger partial charge in [0.1, 0.15) is 6.04 Å². The Morgan fingerprint density at radius 2 is 1.51 bits per heavy atom. The smallest absolute Gasteiger partial charge is 0.245 e. The highest BCUT2D eigenvalue weighted by atomic mass is 16.5. The van der Waals surface area contributed by atoms with Gasteiger partial charge in [-0.05, 0) is 34.4 Å². The molecule has 1 saturated heterocycles. The summed E-state index contributed by atoms with van der Waals surface area (Å²) in [6.45, 7) is 9.42. The Morgan fingerprint density at radius 3 is 2.10 bits per heavy atom. The second kappa shape index (κ2) is 14.1. The lowest BCUT2D eigenvalue weighted by Gasteiger charge is -2.40. The summed E-state index contributed by atoms with van der Waals surface area (Å²) in [7, 11) is 0. The van der Waals surface area contributed by atoms with E-state index in [2.05, 4.69) is 46.6 Å². The second-order valence-electron chi connectivity index (χ2n) is 12.8. The Morgan fingerprint density at radius 1 is 0.902 bits per heavy atom. The Balaban J connectivity index is 1.34. The van der Waals surface area contributed by atoms with Gasteiger partial charge >= 0.3 is 0 Å². The number of piperazine rings is 1. The third kappa shape index (κ3) is 8.63. The summed E-state index contributed by atoms with van der Waals surface area (Å²) in [4.78, 5) is 43.4. The summed E-state index contributed by atoms with van der Waals surface area (Å²) in [6, 6.07) is 18.3. The third-order valence-electron chi connectivity index (χ3n) is 8.57. The minimum Gasteiger partial charge on any atom is -0.344 e. The molecule has 41 heavy (non-hydrogen) atoms. The Kier molecular flexibility index (Phi) is 10.6. The van der Waals surface area contributed by atoms with Crippen LogP contribution in [0, 0.1) is 17.3 Å². The van der Waals surface area contributed by atoms with E-state index in [1.807, 2.05) is 43.9 Å². The highest BCUT2D eigenvalue weighted by Crippen LogP contribution is 2.32. The van der Waals surface area contributed by atoms with Crippen molar-refractivity contribution in [3.05, 3.63) is 60.2 Å². The van der Waals surface area contributed by atoms with Crippen molar-refractivity contribution in [2.24, 2.45) is 17.3 Å². The number of hydrogen-bond donors (Lipinski definition) is 3. The Hall–Kier alpha value is -3.23. The summed E-state index contributed by atoms with van der Waals surface area (Å²) in [5.74, 6) is -1.13. The van der Waals surface area contributed by atoms with Gasteiger partial charge in [0.2, 0.25) is 17.7 Å². The van der Waals surface area contributed by atoms with E-state index in [1.165, 1.54) is 16.7 Å². The fraction of sp³-hybridized carbons (Fsp3) is 0.545. The van der Waals surface area contributed by atoms with E-state index in [0.717, 1.165) is 45.3 Å². The van der Waals surface area contributed by atoms with Gasteiger partial charge < -0.3 is 10.2 Å². The molecule has 0 aromatic heterocycles. The maximum atomic E-state index is 13.7. The zero-order valence-corrected chi connectivity index (χ0v) is 24.8. The van der Waals surface area contributed by atoms with Crippen LogP contribution in [0.5, 0.6) is 0 Å². The molecule has 2 aliphatic rings. The topological polar surface area (TPSA) is 102 Å². The predicted octanol–water partition coefficient (Wildman–Crippen LogP) is 4.62. The lowest BCUT2D eigenvalue weighted by Crippen LogP contribution is -2.59. The number of carbonyl (C=O) groups is 3. The highest BCUT2D eigenvalue weighted by molar-refractivity contribution is 5.91. The van der Waals surface area contributed by atoms with Crippen molar-refractivity contribution in [2.75, 3.05) is 26.2 Å². The first-order valence-corrected chi connectivity index (χ1v) is 15.0. The number of benzene rings is 2. The number of rotatable bonds is 10. The van der Waals surface area contributed by atoms with Gasteiger partial charge in [0, 0.05) is 45.1 Å². The highest BCUT2D eigenvalue weighted by Gasteiger charge is 2.38. The summed E-state index contributed by atoms with van der Waals surface area (Å²) in [5, 5.41) is 12.1. The van der Waals surface area contributed by atoms with Gasteiger partial charge in [0.15, 0.2) is 0 Å². The van der Waals surface area contributed by atoms with Crippen LogP contribution in [0.1, 0.15) is 64.9 Å². The van der Waals surface area contributed by atoms with Crippen LogP contribution in [0.2, 0.25) is 0 Å². The van der Waals surface area contributed by atoms with Crippen molar-refractivity contribution >= 4 is 17.7 Å². The van der Waals surface area contributed by atoms with Crippen LogP contribution in [-0.2, 0) is 20.9 Å². The van der Waals surface area contributed by atoms with E-state index in [0.29, 0.717) is 25.4 Å². The number of hydroxylamine groups is 1. The van der Waals surface area contributed by atoms with Gasteiger partial charge in [0.25, 0.3) is 0 Å². The van der Waals surface area contributed by atoms with E-state index < -0.39 is 23.3 Å². The van der Waals surface area contributed by atoms with E-state index in [4.69, 9.17) is 5.21 Å². The van der Waals surface area contributed by atoms with Crippen molar-refractivity contribution in [1.82, 2.24) is 20.6 Å². The van der Waals surface area contributed by atoms with Gasteiger partial charge in [0.05, 0.1) is 0 Å². The zero-order valence-electron chi connectivity index (χ0n) is 24.8. The van der Waals surface area contributed by atoms with Crippen LogP contribution in [0.3, 0.4) is 0 Å². The molecule has 8 heteroatoms. The molecule has 1 aliphatic heterocycles. The van der Waals surface area contributed by atoms with Gasteiger partial charge in [-0.1, -0.05) is 101 Å². The number of amides is 3. The van der Waals surface area contributed by atoms with Gasteiger partial charge in [-0.3, -0.25) is 24.5 Å². The monoisotopic (exact) mass is 562 g/mol. The first kappa shape index (κ1) is 30.7. The molecule has 4 rings (SSSR count). The van der Waals surface area contributed by atoms with Crippen molar-refractivity contribution in [1.29, 1.82) is 0 Å². The van der Waals surface area contributed by atoms with E-state index in [1.54, 1.807) is 5.48 Å². The zero-order chi connectivity index (χ0) is 29.4. The van der Waals surface area contributed by atoms with Gasteiger partial charge in [-0.25, -0.2) is 5.48 Å². The quantitative estimate of drug-likeness (QED) is 0.290. The first-order valence-electron chi connectivity index (χ1n) is 15.0. The minimum atomic E-state index is -0.699. The van der Waals surface area contributed by atoms with Gasteiger partial charge in [-0.15, -0.1) is 0 Å². The lowest BCUT2D eigenvalue weighted by molar-refractivity contribution is -0.142. The minimum absolute atomic E-state index is 0.0797. The maximum Gasteiger partial charge on any atom is 0.245 e. The summed E-state index contributed by atoms with van der Waals surface area (Å²) >= 11 is 0. The Labute approximate surface area is 244 Å². The fourth-order valence-corrected chi connectivity index (χ4v) is 6.11. The summed E-state index contributed by atoms with van der Waals surface area (Å²) in [5.41, 5.74) is 4.81. The van der Waals surface area contributed by atoms with Crippen LogP contribution in [0.25, 0.3) is 11.1 Å². The molecule has 0 radical (unpaired) electrons. The molecule has 2 aromatic carbocycles. The number of nitrogens with zero attached hydrogens (tertiary/aromatic N) is 2. The van der Waals surface area contributed by atoms with Crippen molar-refractivity contribution in [2.45, 2.75) is 71.9 Å². The molecule has 3 N–H and O–H groups in total. The fourth-order valence-electron chi connectivity index (χ4n) is 6.11. The van der Waals surface area contributed by atoms with Gasteiger partial charge in [-0.2, -0.15) is 0 Å². The van der Waals surface area contributed by atoms with Crippen LogP contribution in [-0.4, -0.2) is 64.9 Å². The van der Waals surface area contributed by atoms with E-state index >= 15 is 0 Å². The lowest BCUT2D eigenvalue weighted by atomic mass is 9.84. The number of hydrogen-bond acceptors (Lipinski definition) is 5. The van der Waals surface area contributed by atoms with E-state index in [9.17, 15) is 14.4 Å². The number of nitrogens with one attached hydrogen (secondary N) is 2. The molecule has 1 heterocycles. The van der Waals surface area contributed by atoms with Crippen molar-refractivity contribution in [3.8, 4) is 11.1 Å². The average molecular weight is 563 g/mol. The molecule has 3 amide bonds. The molecular formula is C33H46N4O4. The SMILES string of the molecule is CC(C)(C)[C@H](NC(=O)[C@@H](CC(=O)NO)CC1CCCC1)C(=O)N1CCN(Cc2ccc(-c3ccccc3)cc2)CC1. The normalized spacial score (nSPS) is 18.1. The average Bonchev–Trinajstić information content (AvgIpc) is 3.49. The summed E-state index contributed by atoms with van der Waals surface area (Å²) in [6.07, 6.45) is 4.88. The standard InChI is InChI=1S/C33H46N4O4/c1-33(2,3)30(34-31(39)28(22-29(38)35-41)21-24-9-7-8-10-24)32(40)37-19-17-36(18-20-37)23-25-13-15-27(16-14-25)26-11-5-4-6-12-26/h4-6,11-16,24,28,30,41H,7-10,17-23H2,1-3H3,(H,34,39)(H,35,38)/t28-,30-/m1/s1. The van der Waals surface area contributed by atoms with Crippen LogP contribution in [0.4, 0.5) is 0 Å². The second-order valence-corrected chi connectivity index (χ2v) is 12.8. The molecule has 2 atom stereocenters. The number of carbonyl (C=O) groups excluding carboxylic acids is 3. The molecule has 0 bridgehead atoms. The van der Waals surface area contributed by atoms with Crippen molar-refractivity contribution in [3.63, 3.8) is 0 Å². The molecule has 222 valence electrons. The predicted molar refractivity (Wildman–Crippen MR) is 160 cm³/mol. The molecule has 8 nitrogen and oxygen atoms in total. The maximum absolute atomic E-state index is 13.7. The Bertz CT molecular complexity index is 1150. The third-order valence-corrected chi connectivity index (χ3v) is 8.57. The molecule has 2 fully saturated rings. The molecule has 0 spiro atoms. The molecule has 1 saturated carbocycles. The largest absolute Gasteiger partial charge is 0.344 e. The van der Waals surface area contributed by atoms with Crippen LogP contribution in [0.15, 0.2) is 54.6 Å².